The highest BCUT2D eigenvalue weighted by atomic mass is 32.2. The summed E-state index contributed by atoms with van der Waals surface area (Å²) >= 11 is 1.16. The molecule has 0 fully saturated rings. The van der Waals surface area contributed by atoms with E-state index in [2.05, 4.69) is 10.0 Å². The van der Waals surface area contributed by atoms with E-state index in [-0.39, 0.29) is 23.4 Å². The minimum absolute atomic E-state index is 0.207. The molecule has 0 amide bonds. The van der Waals surface area contributed by atoms with Gasteiger partial charge in [-0.05, 0) is 28.8 Å². The standard InChI is InChI=1S/C17H13F3N4O3S/c1-27-16(26)12-8-28-15-14(9-3-2-4-11(5-9)17(18,19)20)10(7-22-23-21)6-13(25)24(12)15/h2-6,12H,7-8H2,1H3/t12-/m0/s1. The number of carbonyl (C=O) groups excluding carboxylic acids is 1. The van der Waals surface area contributed by atoms with Crippen LogP contribution in [0.25, 0.3) is 21.6 Å². The first-order valence-corrected chi connectivity index (χ1v) is 8.94. The Balaban J connectivity index is 2.28. The highest BCUT2D eigenvalue weighted by molar-refractivity contribution is 7.99. The normalized spacial score (nSPS) is 15.6. The first-order chi connectivity index (χ1) is 13.3. The molecule has 0 spiro atoms. The molecule has 0 saturated carbocycles. The molecule has 28 heavy (non-hydrogen) atoms. The van der Waals surface area contributed by atoms with E-state index >= 15 is 0 Å². The molecule has 0 bridgehead atoms. The van der Waals surface area contributed by atoms with Crippen LogP contribution < -0.4 is 5.56 Å². The van der Waals surface area contributed by atoms with Crippen molar-refractivity contribution in [2.45, 2.75) is 23.8 Å². The van der Waals surface area contributed by atoms with Crippen LogP contribution in [-0.2, 0) is 22.3 Å². The van der Waals surface area contributed by atoms with Gasteiger partial charge in [0.05, 0.1) is 24.2 Å². The fraction of sp³-hybridized carbons (Fsp3) is 0.294. The van der Waals surface area contributed by atoms with E-state index in [1.807, 2.05) is 0 Å². The number of alkyl halides is 3. The van der Waals surface area contributed by atoms with Crippen molar-refractivity contribution in [2.75, 3.05) is 12.9 Å². The molecule has 1 atom stereocenters. The molecule has 1 aliphatic heterocycles. The van der Waals surface area contributed by atoms with Gasteiger partial charge in [0.2, 0.25) is 0 Å². The lowest BCUT2D eigenvalue weighted by atomic mass is 9.99. The predicted octanol–water partition coefficient (Wildman–Crippen LogP) is 4.16. The summed E-state index contributed by atoms with van der Waals surface area (Å²) in [6.07, 6.45) is -4.54. The van der Waals surface area contributed by atoms with Crippen molar-refractivity contribution in [3.05, 3.63) is 62.3 Å². The third-order valence-electron chi connectivity index (χ3n) is 4.23. The number of halogens is 3. The largest absolute Gasteiger partial charge is 0.467 e. The van der Waals surface area contributed by atoms with Gasteiger partial charge in [0, 0.05) is 22.3 Å². The molecule has 146 valence electrons. The van der Waals surface area contributed by atoms with E-state index in [0.29, 0.717) is 10.6 Å². The van der Waals surface area contributed by atoms with Crippen LogP contribution in [0.5, 0.6) is 0 Å². The molecular formula is C17H13F3N4O3S. The second-order valence-corrected chi connectivity index (χ2v) is 6.88. The lowest BCUT2D eigenvalue weighted by molar-refractivity contribution is -0.144. The van der Waals surface area contributed by atoms with Crippen molar-refractivity contribution in [1.29, 1.82) is 0 Å². The molecule has 0 aliphatic carbocycles. The van der Waals surface area contributed by atoms with Gasteiger partial charge in [0.25, 0.3) is 5.56 Å². The first kappa shape index (κ1) is 19.8. The molecule has 0 saturated heterocycles. The van der Waals surface area contributed by atoms with Crippen molar-refractivity contribution < 1.29 is 22.7 Å². The monoisotopic (exact) mass is 410 g/mol. The summed E-state index contributed by atoms with van der Waals surface area (Å²) in [5.74, 6) is -0.412. The maximum absolute atomic E-state index is 13.2. The van der Waals surface area contributed by atoms with Crippen LogP contribution in [0, 0.1) is 0 Å². The lowest BCUT2D eigenvalue weighted by Gasteiger charge is -2.17. The Morgan fingerprint density at radius 2 is 2.18 bits per heavy atom. The van der Waals surface area contributed by atoms with Gasteiger partial charge in [-0.2, -0.15) is 13.2 Å². The number of hydrogen-bond acceptors (Lipinski definition) is 5. The number of aromatic nitrogens is 1. The van der Waals surface area contributed by atoms with Crippen LogP contribution in [-0.4, -0.2) is 23.4 Å². The van der Waals surface area contributed by atoms with Gasteiger partial charge in [-0.25, -0.2) is 4.79 Å². The Morgan fingerprint density at radius 3 is 2.82 bits per heavy atom. The molecule has 2 heterocycles. The first-order valence-electron chi connectivity index (χ1n) is 7.95. The van der Waals surface area contributed by atoms with E-state index in [1.54, 1.807) is 0 Å². The number of fused-ring (bicyclic) bond motifs is 1. The quantitative estimate of drug-likeness (QED) is 0.327. The summed E-state index contributed by atoms with van der Waals surface area (Å²) in [7, 11) is 1.19. The van der Waals surface area contributed by atoms with Gasteiger partial charge in [-0.1, -0.05) is 17.2 Å². The molecule has 11 heteroatoms. The zero-order valence-corrected chi connectivity index (χ0v) is 15.3. The van der Waals surface area contributed by atoms with Gasteiger partial charge in [-0.15, -0.1) is 11.8 Å². The van der Waals surface area contributed by atoms with Crippen molar-refractivity contribution >= 4 is 17.7 Å². The zero-order chi connectivity index (χ0) is 20.5. The Hall–Kier alpha value is -2.91. The number of pyridine rings is 1. The molecule has 0 radical (unpaired) electrons. The highest BCUT2D eigenvalue weighted by Gasteiger charge is 2.35. The van der Waals surface area contributed by atoms with Gasteiger partial charge < -0.3 is 4.74 Å². The molecule has 3 rings (SSSR count). The second kappa shape index (κ2) is 7.61. The molecular weight excluding hydrogens is 397 g/mol. The molecule has 7 nitrogen and oxygen atoms in total. The van der Waals surface area contributed by atoms with Gasteiger partial charge in [-0.3, -0.25) is 9.36 Å². The number of methoxy groups -OCH3 is 1. The molecule has 1 aliphatic rings. The van der Waals surface area contributed by atoms with Gasteiger partial charge in [0.1, 0.15) is 6.04 Å². The summed E-state index contributed by atoms with van der Waals surface area (Å²) in [4.78, 5) is 27.2. The van der Waals surface area contributed by atoms with Crippen LogP contribution in [0.15, 0.2) is 45.3 Å². The van der Waals surface area contributed by atoms with E-state index in [4.69, 9.17) is 10.3 Å². The summed E-state index contributed by atoms with van der Waals surface area (Å²) < 4.78 is 45.4. The van der Waals surface area contributed by atoms with Gasteiger partial charge >= 0.3 is 12.1 Å². The lowest BCUT2D eigenvalue weighted by Crippen LogP contribution is -2.30. The molecule has 1 aromatic carbocycles. The number of benzene rings is 1. The van der Waals surface area contributed by atoms with Crippen LogP contribution in [0.4, 0.5) is 13.2 Å². The third kappa shape index (κ3) is 3.58. The number of ether oxygens (including phenoxy) is 1. The van der Waals surface area contributed by atoms with Gasteiger partial charge in [0.15, 0.2) is 0 Å². The van der Waals surface area contributed by atoms with E-state index in [0.717, 1.165) is 23.9 Å². The zero-order valence-electron chi connectivity index (χ0n) is 14.4. The summed E-state index contributed by atoms with van der Waals surface area (Å²) in [5, 5.41) is 3.78. The average Bonchev–Trinajstić information content (AvgIpc) is 3.10. The number of esters is 1. The maximum atomic E-state index is 13.2. The summed E-state index contributed by atoms with van der Waals surface area (Å²) in [6.45, 7) is -0.214. The van der Waals surface area contributed by atoms with Crippen molar-refractivity contribution in [3.8, 4) is 11.1 Å². The highest BCUT2D eigenvalue weighted by Crippen LogP contribution is 2.42. The fourth-order valence-corrected chi connectivity index (χ4v) is 4.37. The SMILES string of the molecule is COC(=O)[C@@H]1CSc2c(-c3cccc(C(F)(F)F)c3)c(CN=[N+]=[N-])cc(=O)n21. The average molecular weight is 410 g/mol. The topological polar surface area (TPSA) is 97.1 Å². The number of azide groups is 1. The molecule has 2 aromatic rings. The maximum Gasteiger partial charge on any atom is 0.416 e. The van der Waals surface area contributed by atoms with Crippen LogP contribution in [0.1, 0.15) is 17.2 Å². The van der Waals surface area contributed by atoms with Crippen molar-refractivity contribution in [3.63, 3.8) is 0 Å². The minimum Gasteiger partial charge on any atom is -0.467 e. The smallest absolute Gasteiger partial charge is 0.416 e. The molecule has 0 N–H and O–H groups in total. The second-order valence-electron chi connectivity index (χ2n) is 5.88. The number of hydrogen-bond donors (Lipinski definition) is 0. The minimum atomic E-state index is -4.54. The van der Waals surface area contributed by atoms with E-state index in [9.17, 15) is 22.8 Å². The third-order valence-corrected chi connectivity index (χ3v) is 5.39. The number of nitrogens with zero attached hydrogens (tertiary/aromatic N) is 4. The number of carbonyl (C=O) groups is 1. The summed E-state index contributed by atoms with van der Waals surface area (Å²) in [5.41, 5.74) is 8.06. The Morgan fingerprint density at radius 1 is 1.43 bits per heavy atom. The van der Waals surface area contributed by atoms with Crippen LogP contribution in [0.2, 0.25) is 0 Å². The molecule has 1 aromatic heterocycles. The van der Waals surface area contributed by atoms with Crippen LogP contribution >= 0.6 is 11.8 Å². The Bertz CT molecular complexity index is 1040. The molecule has 0 unspecified atom stereocenters. The summed E-state index contributed by atoms with van der Waals surface area (Å²) in [6, 6.07) is 4.94. The predicted molar refractivity (Wildman–Crippen MR) is 95.8 cm³/mol. The Kier molecular flexibility index (Phi) is 5.39. The number of thioether (sulfide) groups is 1. The Labute approximate surface area is 160 Å². The van der Waals surface area contributed by atoms with Crippen molar-refractivity contribution in [1.82, 2.24) is 4.57 Å². The fourth-order valence-electron chi connectivity index (χ4n) is 3.02. The van der Waals surface area contributed by atoms with Crippen LogP contribution in [0.3, 0.4) is 0 Å². The van der Waals surface area contributed by atoms with E-state index < -0.39 is 29.3 Å². The van der Waals surface area contributed by atoms with Crippen molar-refractivity contribution in [2.24, 2.45) is 5.11 Å². The van der Waals surface area contributed by atoms with E-state index in [1.165, 1.54) is 29.9 Å². The number of rotatable bonds is 4.